The van der Waals surface area contributed by atoms with Crippen LogP contribution < -0.4 is 0 Å². The van der Waals surface area contributed by atoms with Crippen LogP contribution in [-0.2, 0) is 0 Å². The summed E-state index contributed by atoms with van der Waals surface area (Å²) in [6.45, 7) is 6.54. The molecule has 1 fully saturated rings. The predicted molar refractivity (Wildman–Crippen MR) is 64.3 cm³/mol. The molecule has 0 aromatic carbocycles. The van der Waals surface area contributed by atoms with Gasteiger partial charge in [-0.25, -0.2) is 0 Å². The highest BCUT2D eigenvalue weighted by Crippen LogP contribution is 2.28. The molecule has 0 aliphatic heterocycles. The van der Waals surface area contributed by atoms with Crippen molar-refractivity contribution in [2.75, 3.05) is 0 Å². The third kappa shape index (κ3) is 3.53. The second-order valence-corrected chi connectivity index (χ2v) is 4.27. The molecular weight excluding hydrogens is 168 g/mol. The maximum absolute atomic E-state index is 2.37. The van der Waals surface area contributed by atoms with E-state index >= 15 is 0 Å². The second-order valence-electron chi connectivity index (χ2n) is 4.27. The van der Waals surface area contributed by atoms with E-state index in [9.17, 15) is 0 Å². The lowest BCUT2D eigenvalue weighted by Gasteiger charge is -2.20. The minimum atomic E-state index is 0.933. The van der Waals surface area contributed by atoms with Crippen LogP contribution in [0, 0.1) is 5.92 Å². The van der Waals surface area contributed by atoms with Crippen LogP contribution in [0.25, 0.3) is 0 Å². The standard InChI is InChI=1S/C14H22/c1-4-6-13(5-2)11-14-9-7-12(3)8-10-14/h4-6,11-12H,7-10H2,1-3H3/b6-4-,13-5+,14-11?. The van der Waals surface area contributed by atoms with Crippen LogP contribution in [-0.4, -0.2) is 0 Å². The van der Waals surface area contributed by atoms with Crippen molar-refractivity contribution in [1.29, 1.82) is 0 Å². The monoisotopic (exact) mass is 190 g/mol. The van der Waals surface area contributed by atoms with E-state index in [0.29, 0.717) is 0 Å². The van der Waals surface area contributed by atoms with E-state index in [1.807, 2.05) is 0 Å². The highest BCUT2D eigenvalue weighted by molar-refractivity contribution is 5.33. The van der Waals surface area contributed by atoms with Crippen molar-refractivity contribution in [3.8, 4) is 0 Å². The summed E-state index contributed by atoms with van der Waals surface area (Å²) < 4.78 is 0. The largest absolute Gasteiger partial charge is 0.0871 e. The Hall–Kier alpha value is -0.780. The van der Waals surface area contributed by atoms with Crippen molar-refractivity contribution in [2.45, 2.75) is 46.5 Å². The molecule has 0 aromatic heterocycles. The summed E-state index contributed by atoms with van der Waals surface area (Å²) in [5, 5.41) is 0. The van der Waals surface area contributed by atoms with Crippen LogP contribution in [0.1, 0.15) is 46.5 Å². The fraction of sp³-hybridized carbons (Fsp3) is 0.571. The fourth-order valence-electron chi connectivity index (χ4n) is 1.93. The fourth-order valence-corrected chi connectivity index (χ4v) is 1.93. The zero-order valence-corrected chi connectivity index (χ0v) is 9.72. The van der Waals surface area contributed by atoms with Crippen LogP contribution in [0.2, 0.25) is 0 Å². The number of rotatable bonds is 2. The lowest BCUT2D eigenvalue weighted by Crippen LogP contribution is -2.03. The molecule has 1 saturated carbocycles. The Morgan fingerprint density at radius 1 is 1.21 bits per heavy atom. The average molecular weight is 190 g/mol. The van der Waals surface area contributed by atoms with Gasteiger partial charge in [-0.2, -0.15) is 0 Å². The number of allylic oxidation sites excluding steroid dienone is 6. The normalized spacial score (nSPS) is 24.4. The SMILES string of the molecule is C/C=C\C(C=C1CCC(C)CC1)=C/C. The molecule has 0 nitrogen and oxygen atoms in total. The van der Waals surface area contributed by atoms with E-state index in [4.69, 9.17) is 0 Å². The Morgan fingerprint density at radius 2 is 1.86 bits per heavy atom. The Balaban J connectivity index is 2.59. The smallest absolute Gasteiger partial charge is 0.0303 e. The van der Waals surface area contributed by atoms with E-state index < -0.39 is 0 Å². The highest BCUT2D eigenvalue weighted by Gasteiger charge is 2.11. The summed E-state index contributed by atoms with van der Waals surface area (Å²) in [5.41, 5.74) is 2.99. The van der Waals surface area contributed by atoms with E-state index in [2.05, 4.69) is 45.1 Å². The van der Waals surface area contributed by atoms with Crippen molar-refractivity contribution < 1.29 is 0 Å². The Bertz CT molecular complexity index is 243. The molecule has 0 unspecified atom stereocenters. The van der Waals surface area contributed by atoms with Gasteiger partial charge in [0.05, 0.1) is 0 Å². The zero-order chi connectivity index (χ0) is 10.4. The lowest BCUT2D eigenvalue weighted by atomic mass is 9.86. The highest BCUT2D eigenvalue weighted by atomic mass is 14.2. The first kappa shape index (κ1) is 11.3. The van der Waals surface area contributed by atoms with Gasteiger partial charge in [-0.05, 0) is 51.0 Å². The van der Waals surface area contributed by atoms with Crippen molar-refractivity contribution >= 4 is 0 Å². The molecule has 1 aliphatic rings. The van der Waals surface area contributed by atoms with Gasteiger partial charge in [-0.15, -0.1) is 0 Å². The molecule has 0 N–H and O–H groups in total. The first-order valence-electron chi connectivity index (χ1n) is 5.74. The van der Waals surface area contributed by atoms with Crippen LogP contribution in [0.3, 0.4) is 0 Å². The summed E-state index contributed by atoms with van der Waals surface area (Å²) >= 11 is 0. The van der Waals surface area contributed by atoms with Crippen molar-refractivity contribution in [1.82, 2.24) is 0 Å². The second kappa shape index (κ2) is 5.85. The molecule has 0 heteroatoms. The van der Waals surface area contributed by atoms with E-state index in [0.717, 1.165) is 5.92 Å². The van der Waals surface area contributed by atoms with Gasteiger partial charge in [0, 0.05) is 0 Å². The Kier molecular flexibility index (Phi) is 4.72. The van der Waals surface area contributed by atoms with Crippen molar-refractivity contribution in [3.05, 3.63) is 35.5 Å². The third-order valence-corrected chi connectivity index (χ3v) is 2.98. The maximum Gasteiger partial charge on any atom is -0.0303 e. The number of hydrogen-bond donors (Lipinski definition) is 0. The topological polar surface area (TPSA) is 0 Å². The van der Waals surface area contributed by atoms with E-state index in [1.54, 1.807) is 5.57 Å². The predicted octanol–water partition coefficient (Wildman–Crippen LogP) is 4.65. The molecule has 0 heterocycles. The molecule has 0 radical (unpaired) electrons. The molecule has 0 spiro atoms. The maximum atomic E-state index is 2.37. The first-order valence-corrected chi connectivity index (χ1v) is 5.74. The summed E-state index contributed by atoms with van der Waals surface area (Å²) in [7, 11) is 0. The molecule has 0 aromatic rings. The summed E-state index contributed by atoms with van der Waals surface area (Å²) in [6.07, 6.45) is 14.2. The van der Waals surface area contributed by atoms with Crippen LogP contribution in [0.5, 0.6) is 0 Å². The third-order valence-electron chi connectivity index (χ3n) is 2.98. The average Bonchev–Trinajstić information content (AvgIpc) is 2.20. The van der Waals surface area contributed by atoms with Gasteiger partial charge in [0.25, 0.3) is 0 Å². The summed E-state index contributed by atoms with van der Waals surface area (Å²) in [5.74, 6) is 0.933. The van der Waals surface area contributed by atoms with Gasteiger partial charge in [0.2, 0.25) is 0 Å². The summed E-state index contributed by atoms with van der Waals surface area (Å²) in [6, 6.07) is 0. The van der Waals surface area contributed by atoms with Crippen LogP contribution in [0.4, 0.5) is 0 Å². The minimum absolute atomic E-state index is 0.933. The molecule has 0 amide bonds. The van der Waals surface area contributed by atoms with E-state index in [-0.39, 0.29) is 0 Å². The Labute approximate surface area is 88.4 Å². The van der Waals surface area contributed by atoms with Gasteiger partial charge in [-0.1, -0.05) is 36.8 Å². The quantitative estimate of drug-likeness (QED) is 0.556. The molecule has 0 saturated heterocycles. The van der Waals surface area contributed by atoms with Gasteiger partial charge in [-0.3, -0.25) is 0 Å². The molecule has 1 aliphatic carbocycles. The molecule has 14 heavy (non-hydrogen) atoms. The van der Waals surface area contributed by atoms with Gasteiger partial charge in [0.15, 0.2) is 0 Å². The first-order chi connectivity index (χ1) is 6.76. The van der Waals surface area contributed by atoms with Gasteiger partial charge in [0.1, 0.15) is 0 Å². The Morgan fingerprint density at radius 3 is 2.36 bits per heavy atom. The molecule has 1 rings (SSSR count). The molecule has 78 valence electrons. The van der Waals surface area contributed by atoms with Crippen LogP contribution in [0.15, 0.2) is 35.5 Å². The van der Waals surface area contributed by atoms with Gasteiger partial charge >= 0.3 is 0 Å². The molecular formula is C14H22. The van der Waals surface area contributed by atoms with E-state index in [1.165, 1.54) is 31.3 Å². The molecule has 0 bridgehead atoms. The van der Waals surface area contributed by atoms with Gasteiger partial charge < -0.3 is 0 Å². The van der Waals surface area contributed by atoms with Crippen molar-refractivity contribution in [3.63, 3.8) is 0 Å². The number of hydrogen-bond acceptors (Lipinski definition) is 0. The summed E-state index contributed by atoms with van der Waals surface area (Å²) in [4.78, 5) is 0. The van der Waals surface area contributed by atoms with Crippen LogP contribution >= 0.6 is 0 Å². The minimum Gasteiger partial charge on any atom is -0.0871 e. The lowest BCUT2D eigenvalue weighted by molar-refractivity contribution is 0.444. The molecule has 0 atom stereocenters. The zero-order valence-electron chi connectivity index (χ0n) is 9.72. The van der Waals surface area contributed by atoms with Crippen molar-refractivity contribution in [2.24, 2.45) is 5.92 Å².